The number of hydrogen-bond donors (Lipinski definition) is 1. The fraction of sp³-hybridized carbons (Fsp3) is 1.00. The first-order valence-corrected chi connectivity index (χ1v) is 5.61. The van der Waals surface area contributed by atoms with E-state index < -0.39 is 0 Å². The van der Waals surface area contributed by atoms with Crippen LogP contribution in [0.2, 0.25) is 0 Å². The van der Waals surface area contributed by atoms with Gasteiger partial charge >= 0.3 is 0 Å². The number of rotatable bonds is 1. The highest BCUT2D eigenvalue weighted by molar-refractivity contribution is 4.87. The van der Waals surface area contributed by atoms with Gasteiger partial charge in [0.15, 0.2) is 0 Å². The van der Waals surface area contributed by atoms with Crippen LogP contribution in [0.5, 0.6) is 0 Å². The van der Waals surface area contributed by atoms with Gasteiger partial charge < -0.3 is 5.32 Å². The van der Waals surface area contributed by atoms with Gasteiger partial charge in [0.1, 0.15) is 0 Å². The smallest absolute Gasteiger partial charge is 0.0121 e. The van der Waals surface area contributed by atoms with E-state index in [9.17, 15) is 0 Å². The van der Waals surface area contributed by atoms with Crippen LogP contribution in [-0.4, -0.2) is 12.6 Å². The van der Waals surface area contributed by atoms with Crippen LogP contribution in [0, 0.1) is 11.8 Å². The molecule has 1 saturated carbocycles. The quantitative estimate of drug-likeness (QED) is 0.633. The summed E-state index contributed by atoms with van der Waals surface area (Å²) in [5.74, 6) is 1.95. The Kier molecular flexibility index (Phi) is 2.69. The molecule has 2 aliphatic rings. The van der Waals surface area contributed by atoms with E-state index in [1.54, 1.807) is 0 Å². The van der Waals surface area contributed by atoms with Gasteiger partial charge in [-0.15, -0.1) is 0 Å². The molecule has 70 valence electrons. The SMILES string of the molecule is C[C@H]1CCN[C@@H]1C1CCCCC1. The summed E-state index contributed by atoms with van der Waals surface area (Å²) >= 11 is 0. The van der Waals surface area contributed by atoms with Crippen molar-refractivity contribution in [1.82, 2.24) is 5.32 Å². The zero-order chi connectivity index (χ0) is 8.39. The summed E-state index contributed by atoms with van der Waals surface area (Å²) in [6, 6.07) is 0.866. The zero-order valence-corrected chi connectivity index (χ0v) is 8.18. The molecule has 2 rings (SSSR count). The molecule has 0 bridgehead atoms. The third kappa shape index (κ3) is 1.66. The Morgan fingerprint density at radius 3 is 2.33 bits per heavy atom. The van der Waals surface area contributed by atoms with Crippen molar-refractivity contribution in [3.63, 3.8) is 0 Å². The average Bonchev–Trinajstić information content (AvgIpc) is 2.53. The van der Waals surface area contributed by atoms with Crippen LogP contribution in [0.1, 0.15) is 45.4 Å². The van der Waals surface area contributed by atoms with Crippen molar-refractivity contribution in [1.29, 1.82) is 0 Å². The summed E-state index contributed by atoms with van der Waals surface area (Å²) in [5, 5.41) is 3.68. The molecule has 0 aromatic heterocycles. The van der Waals surface area contributed by atoms with Crippen molar-refractivity contribution < 1.29 is 0 Å². The Bertz CT molecular complexity index is 138. The van der Waals surface area contributed by atoms with Crippen molar-refractivity contribution in [3.05, 3.63) is 0 Å². The normalized spacial score (nSPS) is 38.8. The number of nitrogens with one attached hydrogen (secondary N) is 1. The van der Waals surface area contributed by atoms with Gasteiger partial charge in [-0.05, 0) is 37.6 Å². The molecule has 1 N–H and O–H groups in total. The van der Waals surface area contributed by atoms with Gasteiger partial charge in [-0.1, -0.05) is 26.2 Å². The van der Waals surface area contributed by atoms with E-state index in [1.165, 1.54) is 45.1 Å². The van der Waals surface area contributed by atoms with Gasteiger partial charge in [0.05, 0.1) is 0 Å². The first-order valence-electron chi connectivity index (χ1n) is 5.61. The minimum atomic E-state index is 0.866. The van der Waals surface area contributed by atoms with Crippen LogP contribution in [0.15, 0.2) is 0 Å². The topological polar surface area (TPSA) is 12.0 Å². The average molecular weight is 167 g/mol. The molecule has 2 fully saturated rings. The molecule has 0 unspecified atom stereocenters. The molecule has 12 heavy (non-hydrogen) atoms. The van der Waals surface area contributed by atoms with Crippen LogP contribution >= 0.6 is 0 Å². The molecule has 1 saturated heterocycles. The van der Waals surface area contributed by atoms with Gasteiger partial charge in [-0.2, -0.15) is 0 Å². The second-order valence-electron chi connectivity index (χ2n) is 4.64. The lowest BCUT2D eigenvalue weighted by Gasteiger charge is -2.30. The Labute approximate surface area is 75.9 Å². The van der Waals surface area contributed by atoms with Gasteiger partial charge in [0, 0.05) is 6.04 Å². The molecule has 0 aromatic carbocycles. The maximum atomic E-state index is 3.68. The van der Waals surface area contributed by atoms with Crippen molar-refractivity contribution >= 4 is 0 Å². The van der Waals surface area contributed by atoms with E-state index in [0.29, 0.717) is 0 Å². The lowest BCUT2D eigenvalue weighted by atomic mass is 9.80. The van der Waals surface area contributed by atoms with Crippen LogP contribution in [-0.2, 0) is 0 Å². The fourth-order valence-corrected chi connectivity index (χ4v) is 2.98. The van der Waals surface area contributed by atoms with Gasteiger partial charge in [0.2, 0.25) is 0 Å². The maximum Gasteiger partial charge on any atom is 0.0121 e. The van der Waals surface area contributed by atoms with E-state index in [4.69, 9.17) is 0 Å². The molecule has 0 radical (unpaired) electrons. The van der Waals surface area contributed by atoms with Crippen molar-refractivity contribution in [3.8, 4) is 0 Å². The molecule has 1 nitrogen and oxygen atoms in total. The predicted octanol–water partition coefficient (Wildman–Crippen LogP) is 2.56. The highest BCUT2D eigenvalue weighted by Gasteiger charge is 2.30. The molecule has 1 heterocycles. The Balaban J connectivity index is 1.89. The number of hydrogen-bond acceptors (Lipinski definition) is 1. The van der Waals surface area contributed by atoms with Crippen LogP contribution < -0.4 is 5.32 Å². The zero-order valence-electron chi connectivity index (χ0n) is 8.18. The van der Waals surface area contributed by atoms with E-state index >= 15 is 0 Å². The Hall–Kier alpha value is -0.0400. The van der Waals surface area contributed by atoms with Crippen LogP contribution in [0.4, 0.5) is 0 Å². The third-order valence-corrected chi connectivity index (χ3v) is 3.75. The molecule has 1 aliphatic carbocycles. The predicted molar refractivity (Wildman–Crippen MR) is 52.1 cm³/mol. The molecule has 2 atom stereocenters. The molecule has 1 heteroatoms. The minimum absolute atomic E-state index is 0.866. The summed E-state index contributed by atoms with van der Waals surface area (Å²) in [6.45, 7) is 3.68. The summed E-state index contributed by atoms with van der Waals surface area (Å²) in [5.41, 5.74) is 0. The molecule has 0 amide bonds. The third-order valence-electron chi connectivity index (χ3n) is 3.75. The van der Waals surface area contributed by atoms with Gasteiger partial charge in [-0.3, -0.25) is 0 Å². The maximum absolute atomic E-state index is 3.68. The lowest BCUT2D eigenvalue weighted by molar-refractivity contribution is 0.254. The highest BCUT2D eigenvalue weighted by Crippen LogP contribution is 2.32. The molecule has 0 aromatic rings. The van der Waals surface area contributed by atoms with E-state index in [-0.39, 0.29) is 0 Å². The molecular weight excluding hydrogens is 146 g/mol. The van der Waals surface area contributed by atoms with Crippen molar-refractivity contribution in [2.75, 3.05) is 6.54 Å². The summed E-state index contributed by atoms with van der Waals surface area (Å²) < 4.78 is 0. The van der Waals surface area contributed by atoms with Gasteiger partial charge in [-0.25, -0.2) is 0 Å². The van der Waals surface area contributed by atoms with Crippen molar-refractivity contribution in [2.24, 2.45) is 11.8 Å². The fourth-order valence-electron chi connectivity index (χ4n) is 2.98. The van der Waals surface area contributed by atoms with E-state index in [2.05, 4.69) is 12.2 Å². The second-order valence-corrected chi connectivity index (χ2v) is 4.64. The summed E-state index contributed by atoms with van der Waals surface area (Å²) in [7, 11) is 0. The highest BCUT2D eigenvalue weighted by atomic mass is 15.0. The first-order chi connectivity index (χ1) is 5.88. The standard InChI is InChI=1S/C11H21N/c1-9-7-8-12-11(9)10-5-3-2-4-6-10/h9-12H,2-8H2,1H3/t9-,11-/m0/s1. The lowest BCUT2D eigenvalue weighted by Crippen LogP contribution is -2.35. The van der Waals surface area contributed by atoms with E-state index in [1.807, 2.05) is 0 Å². The first kappa shape index (κ1) is 8.55. The van der Waals surface area contributed by atoms with Crippen LogP contribution in [0.3, 0.4) is 0 Å². The Morgan fingerprint density at radius 2 is 1.75 bits per heavy atom. The Morgan fingerprint density at radius 1 is 1.00 bits per heavy atom. The summed E-state index contributed by atoms with van der Waals surface area (Å²) in [4.78, 5) is 0. The van der Waals surface area contributed by atoms with Gasteiger partial charge in [0.25, 0.3) is 0 Å². The van der Waals surface area contributed by atoms with Crippen molar-refractivity contribution in [2.45, 2.75) is 51.5 Å². The second kappa shape index (κ2) is 3.78. The molecular formula is C11H21N. The van der Waals surface area contributed by atoms with Crippen LogP contribution in [0.25, 0.3) is 0 Å². The minimum Gasteiger partial charge on any atom is -0.313 e. The van der Waals surface area contributed by atoms with E-state index in [0.717, 1.165) is 17.9 Å². The molecule has 1 aliphatic heterocycles. The summed E-state index contributed by atoms with van der Waals surface area (Å²) in [6.07, 6.45) is 8.83. The largest absolute Gasteiger partial charge is 0.313 e. The molecule has 0 spiro atoms. The monoisotopic (exact) mass is 167 g/mol.